The van der Waals surface area contributed by atoms with Gasteiger partial charge in [-0.1, -0.05) is 47.5 Å². The number of para-hydroxylation sites is 1. The highest BCUT2D eigenvalue weighted by atomic mass is 35.5. The van der Waals surface area contributed by atoms with Crippen molar-refractivity contribution in [3.63, 3.8) is 0 Å². The number of hydrogen-bond acceptors (Lipinski definition) is 3. The lowest BCUT2D eigenvalue weighted by Gasteiger charge is -2.11. The molecule has 28 heavy (non-hydrogen) atoms. The van der Waals surface area contributed by atoms with E-state index in [2.05, 4.69) is 10.6 Å². The highest BCUT2D eigenvalue weighted by molar-refractivity contribution is 8.00. The van der Waals surface area contributed by atoms with Gasteiger partial charge in [-0.2, -0.15) is 0 Å². The molecule has 0 aromatic heterocycles. The summed E-state index contributed by atoms with van der Waals surface area (Å²) in [6.45, 7) is 0. The molecule has 2 N–H and O–H groups in total. The third-order valence-electron chi connectivity index (χ3n) is 3.74. The summed E-state index contributed by atoms with van der Waals surface area (Å²) in [4.78, 5) is 13.3. The molecule has 3 aromatic rings. The van der Waals surface area contributed by atoms with Gasteiger partial charge in [-0.15, -0.1) is 11.8 Å². The quantitative estimate of drug-likeness (QED) is 0.248. The van der Waals surface area contributed by atoms with Gasteiger partial charge in [-0.3, -0.25) is 4.79 Å². The first kappa shape index (κ1) is 20.7. The molecule has 0 atom stereocenters. The summed E-state index contributed by atoms with van der Waals surface area (Å²) in [6, 6.07) is 22.3. The molecule has 3 rings (SSSR count). The molecule has 0 fully saturated rings. The van der Waals surface area contributed by atoms with Crippen LogP contribution in [0, 0.1) is 0 Å². The van der Waals surface area contributed by atoms with E-state index in [4.69, 9.17) is 35.4 Å². The lowest BCUT2D eigenvalue weighted by atomic mass is 10.1. The molecule has 0 saturated heterocycles. The molecule has 3 nitrogen and oxygen atoms in total. The van der Waals surface area contributed by atoms with Gasteiger partial charge < -0.3 is 10.6 Å². The third kappa shape index (κ3) is 5.97. The molecule has 0 bridgehead atoms. The molecule has 0 unspecified atom stereocenters. The van der Waals surface area contributed by atoms with Crippen LogP contribution in [0.25, 0.3) is 0 Å². The molecule has 142 valence electrons. The summed E-state index contributed by atoms with van der Waals surface area (Å²) in [5.41, 5.74) is 2.31. The van der Waals surface area contributed by atoms with Crippen molar-refractivity contribution in [1.82, 2.24) is 0 Å². The Morgan fingerprint density at radius 3 is 2.32 bits per heavy atom. The number of rotatable bonds is 6. The number of carbonyl (C=O) groups is 1. The first-order valence-electron chi connectivity index (χ1n) is 8.35. The molecular weight excluding hydrogens is 431 g/mol. The molecule has 0 amide bonds. The van der Waals surface area contributed by atoms with E-state index in [0.29, 0.717) is 26.5 Å². The Morgan fingerprint density at radius 1 is 0.857 bits per heavy atom. The molecular formula is C21H16Cl2N2OS2. The zero-order valence-corrected chi connectivity index (χ0v) is 17.8. The summed E-state index contributed by atoms with van der Waals surface area (Å²) in [7, 11) is 0. The first-order chi connectivity index (χ1) is 13.5. The molecule has 0 heterocycles. The van der Waals surface area contributed by atoms with Crippen molar-refractivity contribution in [3.05, 3.63) is 88.4 Å². The summed E-state index contributed by atoms with van der Waals surface area (Å²) >= 11 is 18.7. The van der Waals surface area contributed by atoms with Crippen molar-refractivity contribution < 1.29 is 4.79 Å². The largest absolute Gasteiger partial charge is 0.332 e. The number of carbonyl (C=O) groups excluding carboxylic acids is 1. The van der Waals surface area contributed by atoms with Gasteiger partial charge >= 0.3 is 0 Å². The average molecular weight is 447 g/mol. The molecule has 3 aromatic carbocycles. The van der Waals surface area contributed by atoms with Gasteiger partial charge in [0.15, 0.2) is 10.9 Å². The van der Waals surface area contributed by atoms with E-state index in [1.807, 2.05) is 54.6 Å². The van der Waals surface area contributed by atoms with Gasteiger partial charge in [0.25, 0.3) is 0 Å². The van der Waals surface area contributed by atoms with E-state index >= 15 is 0 Å². The summed E-state index contributed by atoms with van der Waals surface area (Å²) in [5.74, 6) is 0.289. The number of benzene rings is 3. The number of anilines is 2. The van der Waals surface area contributed by atoms with E-state index in [9.17, 15) is 4.79 Å². The lowest BCUT2D eigenvalue weighted by molar-refractivity contribution is 0.102. The summed E-state index contributed by atoms with van der Waals surface area (Å²) in [5, 5.41) is 7.59. The maximum atomic E-state index is 12.4. The minimum atomic E-state index is -0.0109. The molecule has 0 aliphatic carbocycles. The van der Waals surface area contributed by atoms with Crippen LogP contribution in [-0.4, -0.2) is 16.6 Å². The highest BCUT2D eigenvalue weighted by Crippen LogP contribution is 2.26. The second-order valence-electron chi connectivity index (χ2n) is 5.81. The van der Waals surface area contributed by atoms with Crippen LogP contribution in [0.15, 0.2) is 77.7 Å². The van der Waals surface area contributed by atoms with Crippen molar-refractivity contribution in [2.45, 2.75) is 4.90 Å². The second kappa shape index (κ2) is 9.94. The van der Waals surface area contributed by atoms with Gasteiger partial charge in [-0.25, -0.2) is 0 Å². The van der Waals surface area contributed by atoms with E-state index in [1.165, 1.54) is 11.8 Å². The van der Waals surface area contributed by atoms with Crippen LogP contribution in [0.1, 0.15) is 10.4 Å². The standard InChI is InChI=1S/C21H16Cl2N2OS2/c22-18-10-9-14(11-19(18)23)20(26)13-28-17-8-4-7-16(12-17)25-21(27)24-15-5-2-1-3-6-15/h1-12H,13H2,(H2,24,25,27). The zero-order chi connectivity index (χ0) is 19.9. The number of thioether (sulfide) groups is 1. The van der Waals surface area contributed by atoms with Crippen LogP contribution < -0.4 is 10.6 Å². The van der Waals surface area contributed by atoms with Gasteiger partial charge in [0.2, 0.25) is 0 Å². The lowest BCUT2D eigenvalue weighted by Crippen LogP contribution is -2.18. The maximum Gasteiger partial charge on any atom is 0.175 e. The number of Topliss-reactive ketones (excluding diaryl/α,β-unsaturated/α-hetero) is 1. The monoisotopic (exact) mass is 446 g/mol. The average Bonchev–Trinajstić information content (AvgIpc) is 2.69. The second-order valence-corrected chi connectivity index (χ2v) is 8.09. The van der Waals surface area contributed by atoms with Crippen LogP contribution in [0.2, 0.25) is 10.0 Å². The molecule has 0 aliphatic rings. The summed E-state index contributed by atoms with van der Waals surface area (Å²) < 4.78 is 0. The Kier molecular flexibility index (Phi) is 7.34. The third-order valence-corrected chi connectivity index (χ3v) is 5.67. The molecule has 7 heteroatoms. The predicted octanol–water partition coefficient (Wildman–Crippen LogP) is 6.78. The fourth-order valence-corrected chi connectivity index (χ4v) is 3.76. The first-order valence-corrected chi connectivity index (χ1v) is 10.5. The number of hydrogen-bond donors (Lipinski definition) is 2. The Morgan fingerprint density at radius 2 is 1.57 bits per heavy atom. The Balaban J connectivity index is 1.57. The van der Waals surface area contributed by atoms with Crippen molar-refractivity contribution in [2.24, 2.45) is 0 Å². The maximum absolute atomic E-state index is 12.4. The topological polar surface area (TPSA) is 41.1 Å². The number of halogens is 2. The molecule has 0 saturated carbocycles. The van der Waals surface area contributed by atoms with Gasteiger partial charge in [0, 0.05) is 21.8 Å². The minimum Gasteiger partial charge on any atom is -0.332 e. The smallest absolute Gasteiger partial charge is 0.175 e. The normalized spacial score (nSPS) is 10.4. The van der Waals surface area contributed by atoms with E-state index in [-0.39, 0.29) is 5.78 Å². The Hall–Kier alpha value is -2.05. The van der Waals surface area contributed by atoms with Crippen molar-refractivity contribution in [2.75, 3.05) is 16.4 Å². The Labute approximate surface area is 183 Å². The van der Waals surface area contributed by atoms with Crippen molar-refractivity contribution in [3.8, 4) is 0 Å². The van der Waals surface area contributed by atoms with Crippen LogP contribution in [-0.2, 0) is 0 Å². The summed E-state index contributed by atoms with van der Waals surface area (Å²) in [6.07, 6.45) is 0. The van der Waals surface area contributed by atoms with Gasteiger partial charge in [-0.05, 0) is 60.7 Å². The van der Waals surface area contributed by atoms with Crippen molar-refractivity contribution in [1.29, 1.82) is 0 Å². The van der Waals surface area contributed by atoms with Crippen LogP contribution >= 0.6 is 47.2 Å². The number of thiocarbonyl (C=S) groups is 1. The van der Waals surface area contributed by atoms with Crippen molar-refractivity contribution >= 4 is 69.5 Å². The van der Waals surface area contributed by atoms with E-state index in [0.717, 1.165) is 16.3 Å². The number of ketones is 1. The SMILES string of the molecule is O=C(CSc1cccc(NC(=S)Nc2ccccc2)c1)c1ccc(Cl)c(Cl)c1. The molecule has 0 aliphatic heterocycles. The van der Waals surface area contributed by atoms with Crippen LogP contribution in [0.5, 0.6) is 0 Å². The highest BCUT2D eigenvalue weighted by Gasteiger charge is 2.09. The zero-order valence-electron chi connectivity index (χ0n) is 14.6. The molecule has 0 spiro atoms. The minimum absolute atomic E-state index is 0.0109. The Bertz CT molecular complexity index is 997. The number of nitrogens with one attached hydrogen (secondary N) is 2. The van der Waals surface area contributed by atoms with Gasteiger partial charge in [0.1, 0.15) is 0 Å². The van der Waals surface area contributed by atoms with Gasteiger partial charge in [0.05, 0.1) is 15.8 Å². The predicted molar refractivity (Wildman–Crippen MR) is 124 cm³/mol. The van der Waals surface area contributed by atoms with E-state index in [1.54, 1.807) is 18.2 Å². The van der Waals surface area contributed by atoms with Crippen LogP contribution in [0.4, 0.5) is 11.4 Å². The van der Waals surface area contributed by atoms with Crippen LogP contribution in [0.3, 0.4) is 0 Å². The fourth-order valence-electron chi connectivity index (χ4n) is 2.38. The van der Waals surface area contributed by atoms with E-state index < -0.39 is 0 Å². The molecule has 0 radical (unpaired) electrons. The fraction of sp³-hybridized carbons (Fsp3) is 0.0476.